The summed E-state index contributed by atoms with van der Waals surface area (Å²) in [6, 6.07) is 0. The van der Waals surface area contributed by atoms with Crippen molar-refractivity contribution in [2.45, 2.75) is 13.5 Å². The van der Waals surface area contributed by atoms with Crippen LogP contribution in [0.1, 0.15) is 12.5 Å². The van der Waals surface area contributed by atoms with Crippen molar-refractivity contribution in [3.63, 3.8) is 0 Å². The highest BCUT2D eigenvalue weighted by Crippen LogP contribution is 2.20. The molecular weight excluding hydrogens is 318 g/mol. The Labute approximate surface area is 137 Å². The van der Waals surface area contributed by atoms with Crippen molar-refractivity contribution < 1.29 is 4.84 Å². The van der Waals surface area contributed by atoms with Gasteiger partial charge in [-0.15, -0.1) is 0 Å². The molecule has 0 aliphatic carbocycles. The second kappa shape index (κ2) is 7.01. The van der Waals surface area contributed by atoms with Crippen molar-refractivity contribution in [1.82, 2.24) is 29.3 Å². The summed E-state index contributed by atoms with van der Waals surface area (Å²) in [5, 5.41) is 8.07. The van der Waals surface area contributed by atoms with Crippen molar-refractivity contribution in [3.8, 4) is 5.95 Å². The van der Waals surface area contributed by atoms with Gasteiger partial charge in [0, 0.05) is 23.8 Å². The van der Waals surface area contributed by atoms with E-state index in [1.165, 1.54) is 11.9 Å². The molecule has 0 fully saturated rings. The molecule has 0 amide bonds. The molecule has 9 heteroatoms. The van der Waals surface area contributed by atoms with E-state index >= 15 is 0 Å². The van der Waals surface area contributed by atoms with Gasteiger partial charge in [-0.1, -0.05) is 16.8 Å². The van der Waals surface area contributed by atoms with Gasteiger partial charge >= 0.3 is 0 Å². The van der Waals surface area contributed by atoms with Gasteiger partial charge in [-0.2, -0.15) is 9.78 Å². The summed E-state index contributed by atoms with van der Waals surface area (Å²) >= 11 is 5.42. The van der Waals surface area contributed by atoms with E-state index in [9.17, 15) is 0 Å². The van der Waals surface area contributed by atoms with Gasteiger partial charge in [-0.25, -0.2) is 9.97 Å². The van der Waals surface area contributed by atoms with Crippen LogP contribution >= 0.6 is 11.6 Å². The molecule has 0 N–H and O–H groups in total. The molecular formula is C14H14ClN7O. The maximum atomic E-state index is 5.42. The van der Waals surface area contributed by atoms with E-state index in [4.69, 9.17) is 16.4 Å². The molecule has 0 aromatic carbocycles. The predicted octanol–water partition coefficient (Wildman–Crippen LogP) is 2.13. The number of imidazole rings is 1. The summed E-state index contributed by atoms with van der Waals surface area (Å²) in [6.07, 6.45) is 9.75. The van der Waals surface area contributed by atoms with Crippen molar-refractivity contribution in [3.05, 3.63) is 42.2 Å². The fourth-order valence-electron chi connectivity index (χ4n) is 2.20. The van der Waals surface area contributed by atoms with Gasteiger partial charge in [-0.05, 0) is 13.0 Å². The first-order chi connectivity index (χ1) is 11.3. The molecule has 118 valence electrons. The molecule has 3 aromatic rings. The Morgan fingerprint density at radius 1 is 1.35 bits per heavy atom. The quantitative estimate of drug-likeness (QED) is 0.392. The molecule has 0 atom stereocenters. The SMILES string of the molecule is CCn1c(-n2cncn2)nc2cncc(C=NOCC=CCl)c21. The smallest absolute Gasteiger partial charge is 0.233 e. The highest BCUT2D eigenvalue weighted by molar-refractivity contribution is 6.25. The van der Waals surface area contributed by atoms with Crippen LogP contribution in [-0.2, 0) is 11.4 Å². The summed E-state index contributed by atoms with van der Waals surface area (Å²) in [5.74, 6) is 0.675. The lowest BCUT2D eigenvalue weighted by Crippen LogP contribution is -2.07. The molecule has 3 heterocycles. The number of aryl methyl sites for hydroxylation is 1. The van der Waals surface area contributed by atoms with Crippen LogP contribution in [0, 0.1) is 0 Å². The minimum Gasteiger partial charge on any atom is -0.392 e. The second-order valence-electron chi connectivity index (χ2n) is 4.48. The van der Waals surface area contributed by atoms with E-state index in [1.807, 2.05) is 11.5 Å². The zero-order chi connectivity index (χ0) is 16.1. The van der Waals surface area contributed by atoms with E-state index < -0.39 is 0 Å². The number of fused-ring (bicyclic) bond motifs is 1. The van der Waals surface area contributed by atoms with Gasteiger partial charge in [0.25, 0.3) is 0 Å². The van der Waals surface area contributed by atoms with E-state index in [2.05, 4.69) is 25.2 Å². The molecule has 0 aliphatic heterocycles. The lowest BCUT2D eigenvalue weighted by atomic mass is 10.2. The van der Waals surface area contributed by atoms with E-state index in [0.717, 1.165) is 16.6 Å². The normalized spacial score (nSPS) is 11.9. The third-order valence-corrected chi connectivity index (χ3v) is 3.30. The lowest BCUT2D eigenvalue weighted by molar-refractivity contribution is 0.176. The van der Waals surface area contributed by atoms with Crippen LogP contribution in [0.5, 0.6) is 0 Å². The Kier molecular flexibility index (Phi) is 4.62. The number of halogens is 1. The van der Waals surface area contributed by atoms with Crippen LogP contribution in [0.3, 0.4) is 0 Å². The average Bonchev–Trinajstić information content (AvgIpc) is 3.21. The molecule has 0 saturated heterocycles. The molecule has 0 saturated carbocycles. The zero-order valence-corrected chi connectivity index (χ0v) is 13.1. The number of aromatic nitrogens is 6. The number of nitrogens with zero attached hydrogens (tertiary/aromatic N) is 7. The van der Waals surface area contributed by atoms with Crippen molar-refractivity contribution in [1.29, 1.82) is 0 Å². The first kappa shape index (κ1) is 15.2. The third kappa shape index (κ3) is 3.07. The van der Waals surface area contributed by atoms with Crippen LogP contribution in [0.2, 0.25) is 0 Å². The molecule has 0 bridgehead atoms. The minimum absolute atomic E-state index is 0.306. The van der Waals surface area contributed by atoms with Crippen molar-refractivity contribution in [2.24, 2.45) is 5.16 Å². The first-order valence-corrected chi connectivity index (χ1v) is 7.38. The van der Waals surface area contributed by atoms with Gasteiger partial charge in [0.15, 0.2) is 0 Å². The molecule has 23 heavy (non-hydrogen) atoms. The first-order valence-electron chi connectivity index (χ1n) is 6.95. The topological polar surface area (TPSA) is 83.0 Å². The molecule has 3 aromatic heterocycles. The summed E-state index contributed by atoms with van der Waals surface area (Å²) in [6.45, 7) is 3.05. The van der Waals surface area contributed by atoms with Gasteiger partial charge in [0.05, 0.1) is 17.9 Å². The Hall–Kier alpha value is -2.74. The minimum atomic E-state index is 0.306. The fraction of sp³-hybridized carbons (Fsp3) is 0.214. The molecule has 8 nitrogen and oxygen atoms in total. The Morgan fingerprint density at radius 2 is 2.26 bits per heavy atom. The van der Waals surface area contributed by atoms with Crippen LogP contribution in [0.15, 0.2) is 41.8 Å². The maximum Gasteiger partial charge on any atom is 0.233 e. The van der Waals surface area contributed by atoms with E-state index in [1.54, 1.807) is 35.7 Å². The molecule has 0 aliphatic rings. The van der Waals surface area contributed by atoms with Crippen LogP contribution in [0.25, 0.3) is 17.0 Å². The number of pyridine rings is 1. The highest BCUT2D eigenvalue weighted by atomic mass is 35.5. The van der Waals surface area contributed by atoms with Gasteiger partial charge in [-0.3, -0.25) is 4.98 Å². The third-order valence-electron chi connectivity index (χ3n) is 3.12. The molecule has 0 spiro atoms. The van der Waals surface area contributed by atoms with E-state index in [-0.39, 0.29) is 0 Å². The number of rotatable bonds is 6. The van der Waals surface area contributed by atoms with Gasteiger partial charge in [0.2, 0.25) is 5.95 Å². The number of hydrogen-bond acceptors (Lipinski definition) is 6. The Bertz CT molecular complexity index is 838. The summed E-state index contributed by atoms with van der Waals surface area (Å²) in [5.41, 5.74) is 3.85. The summed E-state index contributed by atoms with van der Waals surface area (Å²) in [4.78, 5) is 17.8. The number of oxime groups is 1. The molecule has 0 radical (unpaired) electrons. The standard InChI is InChI=1S/C14H14ClN7O/c1-2-21-13-11(7-19-23-5-3-4-15)6-16-8-12(13)20-14(21)22-10-17-9-18-22/h3-4,6-10H,2,5H2,1H3. The summed E-state index contributed by atoms with van der Waals surface area (Å²) in [7, 11) is 0. The van der Waals surface area contributed by atoms with Crippen LogP contribution < -0.4 is 0 Å². The van der Waals surface area contributed by atoms with Gasteiger partial charge < -0.3 is 9.40 Å². The average molecular weight is 332 g/mol. The Morgan fingerprint density at radius 3 is 3.00 bits per heavy atom. The van der Waals surface area contributed by atoms with Crippen LogP contribution in [0.4, 0.5) is 0 Å². The van der Waals surface area contributed by atoms with Gasteiger partial charge in [0.1, 0.15) is 24.8 Å². The van der Waals surface area contributed by atoms with Crippen molar-refractivity contribution >= 4 is 28.8 Å². The molecule has 0 unspecified atom stereocenters. The predicted molar refractivity (Wildman–Crippen MR) is 86.7 cm³/mol. The molecule has 3 rings (SSSR count). The van der Waals surface area contributed by atoms with Crippen molar-refractivity contribution in [2.75, 3.05) is 6.61 Å². The maximum absolute atomic E-state index is 5.42. The largest absolute Gasteiger partial charge is 0.392 e. The fourth-order valence-corrected chi connectivity index (χ4v) is 2.27. The second-order valence-corrected chi connectivity index (χ2v) is 4.74. The zero-order valence-electron chi connectivity index (χ0n) is 12.4. The lowest BCUT2D eigenvalue weighted by Gasteiger charge is -2.06. The summed E-state index contributed by atoms with van der Waals surface area (Å²) < 4.78 is 3.64. The number of hydrogen-bond donors (Lipinski definition) is 0. The monoisotopic (exact) mass is 331 g/mol. The van der Waals surface area contributed by atoms with Crippen LogP contribution in [-0.4, -0.2) is 42.1 Å². The highest BCUT2D eigenvalue weighted by Gasteiger charge is 2.14. The van der Waals surface area contributed by atoms with E-state index in [0.29, 0.717) is 19.1 Å². The Balaban J connectivity index is 2.02.